The Morgan fingerprint density at radius 1 is 0.231 bits per heavy atom. The molecule has 0 aliphatic carbocycles. The summed E-state index contributed by atoms with van der Waals surface area (Å²) >= 11 is 0. The van der Waals surface area contributed by atoms with Crippen molar-refractivity contribution >= 4 is 178 Å². The first-order valence-electron chi connectivity index (χ1n) is 37.6. The third-order valence-corrected chi connectivity index (χ3v) is 33.0. The van der Waals surface area contributed by atoms with E-state index >= 15 is 0 Å². The number of benzene rings is 16. The zero-order valence-electron chi connectivity index (χ0n) is 59.7. The molecule has 6 aromatic heterocycles. The van der Waals surface area contributed by atoms with Gasteiger partial charge in [-0.1, -0.05) is 253 Å². The summed E-state index contributed by atoms with van der Waals surface area (Å²) in [5.74, 6) is 0. The molecule has 0 aliphatic rings. The number of furan rings is 2. The van der Waals surface area contributed by atoms with Crippen molar-refractivity contribution in [3.05, 3.63) is 375 Å². The van der Waals surface area contributed by atoms with E-state index in [1.54, 1.807) is 0 Å². The molecule has 16 aromatic carbocycles. The fourth-order valence-corrected chi connectivity index (χ4v) is 27.0. The summed E-state index contributed by atoms with van der Waals surface area (Å²) in [7, 11) is -5.63. The summed E-state index contributed by atoms with van der Waals surface area (Å²) in [5, 5.41) is 22.5. The number of aromatic nitrogens is 4. The molecule has 0 unspecified atom stereocenters. The third kappa shape index (κ3) is 9.37. The molecule has 0 N–H and O–H groups in total. The van der Waals surface area contributed by atoms with Crippen LogP contribution in [-0.2, 0) is 6.42 Å². The van der Waals surface area contributed by atoms with E-state index in [9.17, 15) is 0 Å². The zero-order chi connectivity index (χ0) is 71.3. The summed E-state index contributed by atoms with van der Waals surface area (Å²) in [6, 6.07) is 137. The van der Waals surface area contributed by atoms with Crippen molar-refractivity contribution in [1.29, 1.82) is 0 Å². The molecule has 0 atom stereocenters. The number of para-hydroxylation sites is 5. The maximum Gasteiger partial charge on any atom is 0.179 e. The smallest absolute Gasteiger partial charge is 0.179 e. The van der Waals surface area contributed by atoms with Gasteiger partial charge in [0.2, 0.25) is 0 Å². The van der Waals surface area contributed by atoms with E-state index in [0.717, 1.165) is 79.1 Å². The monoisotopic (exact) mass is 1410 g/mol. The summed E-state index contributed by atoms with van der Waals surface area (Å²) < 4.78 is 23.5. The first-order valence-corrected chi connectivity index (χ1v) is 42.3. The molecule has 6 heterocycles. The predicted molar refractivity (Wildman–Crippen MR) is 459 cm³/mol. The largest absolute Gasteiger partial charge is 0.456 e. The van der Waals surface area contributed by atoms with Crippen LogP contribution in [-0.4, -0.2) is 34.4 Å². The second-order valence-corrected chi connectivity index (χ2v) is 37.8. The van der Waals surface area contributed by atoms with Gasteiger partial charge in [0.15, 0.2) is 8.07 Å². The van der Waals surface area contributed by atoms with Crippen LogP contribution in [0.5, 0.6) is 0 Å². The number of aryl methyl sites for hydroxylation is 2. The summed E-state index contributed by atoms with van der Waals surface area (Å²) in [5.41, 5.74) is 20.0. The molecule has 0 saturated heterocycles. The van der Waals surface area contributed by atoms with Crippen molar-refractivity contribution in [3.63, 3.8) is 0 Å². The minimum atomic E-state index is -2.89. The zero-order valence-corrected chi connectivity index (χ0v) is 61.7. The molecule has 108 heavy (non-hydrogen) atoms. The van der Waals surface area contributed by atoms with Gasteiger partial charge in [0, 0.05) is 87.4 Å². The summed E-state index contributed by atoms with van der Waals surface area (Å²) in [6.45, 7) is 4.83. The van der Waals surface area contributed by atoms with E-state index < -0.39 is 16.1 Å². The number of rotatable bonds is 13. The van der Waals surface area contributed by atoms with Crippen LogP contribution in [0.25, 0.3) is 154 Å². The van der Waals surface area contributed by atoms with Crippen LogP contribution in [0.15, 0.2) is 373 Å². The topological polar surface area (TPSA) is 46.0 Å². The van der Waals surface area contributed by atoms with E-state index in [1.807, 2.05) is 0 Å². The molecule has 0 radical (unpaired) electrons. The molecule has 0 fully saturated rings. The predicted octanol–water partition coefficient (Wildman–Crippen LogP) is 22.0. The van der Waals surface area contributed by atoms with Gasteiger partial charge in [-0.15, -0.1) is 0 Å². The van der Waals surface area contributed by atoms with Crippen LogP contribution < -0.4 is 31.1 Å². The van der Waals surface area contributed by atoms with Crippen LogP contribution in [0.4, 0.5) is 0 Å². The Labute approximate surface area is 625 Å². The standard InChI is InChI=1S/C100H70N4O2Si2/c1-65-39-47-93-81(57-65)82-58-66(40-48-94(82)104(93)68-41-49-95-83(59-68)84-64-76(44-50-96(84)101(95)67-23-7-3-8-24-67)108(71-25-9-4-10-26-71,72-27-11-5-12-28-72)73-29-13-6-14-30-73)55-56-107(2,74-45-53-99-87(62-74)85-60-69(42-51-97(85)105-99)102-89-35-19-15-31-77(89)78-32-16-20-36-90(78)102)75-46-54-100-88(63-75)86-61-70(43-52-98(86)106-100)103-91-37-21-17-33-79(91)80-34-18-22-38-92(80)103/h3-54,57-64H,55-56H2,1-2H3. The second kappa shape index (κ2) is 24.2. The number of hydrogen-bond acceptors (Lipinski definition) is 2. The Balaban J connectivity index is 0.699. The second-order valence-electron chi connectivity index (χ2n) is 29.7. The Kier molecular flexibility index (Phi) is 13.9. The lowest BCUT2D eigenvalue weighted by Gasteiger charge is -2.34. The van der Waals surface area contributed by atoms with Gasteiger partial charge in [-0.2, -0.15) is 0 Å². The van der Waals surface area contributed by atoms with Gasteiger partial charge in [0.25, 0.3) is 0 Å². The molecule has 0 saturated carbocycles. The number of fused-ring (bicyclic) bond motifs is 18. The maximum atomic E-state index is 6.82. The highest BCUT2D eigenvalue weighted by Gasteiger charge is 2.42. The molecule has 0 spiro atoms. The SMILES string of the molecule is Cc1ccc2c(c1)c1cc(CC[Si](C)(c3ccc4oc5ccc(-n6c7ccccc7c7ccccc76)cc5c4c3)c3ccc4oc5ccc(-n6c7ccccc7c7ccccc76)cc5c4c3)ccc1n2-c1ccc2c(c1)c1cc([Si](c3ccccc3)(c3ccccc3)c3ccccc3)ccc1n2-c1ccccc1. The van der Waals surface area contributed by atoms with Gasteiger partial charge in [-0.05, 0) is 179 Å². The van der Waals surface area contributed by atoms with E-state index in [2.05, 4.69) is 396 Å². The van der Waals surface area contributed by atoms with Crippen molar-refractivity contribution < 1.29 is 8.83 Å². The fraction of sp³-hybridized carbons (Fsp3) is 0.0400. The summed E-state index contributed by atoms with van der Waals surface area (Å²) in [4.78, 5) is 0. The van der Waals surface area contributed by atoms with E-state index in [4.69, 9.17) is 8.83 Å². The highest BCUT2D eigenvalue weighted by atomic mass is 28.3. The molecule has 8 heteroatoms. The Morgan fingerprint density at radius 2 is 0.546 bits per heavy atom. The molecule has 510 valence electrons. The third-order valence-electron chi connectivity index (χ3n) is 23.8. The average Bonchev–Trinajstić information content (AvgIpc) is 1.48. The van der Waals surface area contributed by atoms with Crippen LogP contribution in [0, 0.1) is 6.92 Å². The van der Waals surface area contributed by atoms with Gasteiger partial charge >= 0.3 is 0 Å². The van der Waals surface area contributed by atoms with Gasteiger partial charge in [-0.3, -0.25) is 0 Å². The number of hydrogen-bond donors (Lipinski definition) is 0. The number of nitrogens with zero attached hydrogens (tertiary/aromatic N) is 4. The summed E-state index contributed by atoms with van der Waals surface area (Å²) in [6.07, 6.45) is 0.869. The first-order chi connectivity index (χ1) is 53.3. The molecule has 0 bridgehead atoms. The van der Waals surface area contributed by atoms with Crippen LogP contribution >= 0.6 is 0 Å². The fourth-order valence-electron chi connectivity index (χ4n) is 18.7. The van der Waals surface area contributed by atoms with Crippen LogP contribution in [0.2, 0.25) is 12.6 Å². The maximum absolute atomic E-state index is 6.82. The quantitative estimate of drug-likeness (QED) is 0.0853. The molecule has 22 rings (SSSR count). The van der Waals surface area contributed by atoms with E-state index in [0.29, 0.717) is 0 Å². The van der Waals surface area contributed by atoms with E-state index in [1.165, 1.54) is 129 Å². The van der Waals surface area contributed by atoms with Crippen molar-refractivity contribution in [2.75, 3.05) is 0 Å². The molecular formula is C100H70N4O2Si2. The molecule has 6 nitrogen and oxygen atoms in total. The molecule has 0 amide bonds. The highest BCUT2D eigenvalue weighted by Crippen LogP contribution is 2.42. The van der Waals surface area contributed by atoms with Crippen LogP contribution in [0.1, 0.15) is 11.1 Å². The van der Waals surface area contributed by atoms with Gasteiger partial charge in [0.05, 0.1) is 44.1 Å². The Hall–Kier alpha value is -13.2. The average molecular weight is 1420 g/mol. The van der Waals surface area contributed by atoms with Gasteiger partial charge in [0.1, 0.15) is 30.4 Å². The lowest BCUT2D eigenvalue weighted by Crippen LogP contribution is -2.74. The molecule has 22 aromatic rings. The lowest BCUT2D eigenvalue weighted by molar-refractivity contribution is 0.668. The van der Waals surface area contributed by atoms with Crippen molar-refractivity contribution in [1.82, 2.24) is 18.3 Å². The lowest BCUT2D eigenvalue weighted by atomic mass is 10.1. The van der Waals surface area contributed by atoms with E-state index in [-0.39, 0.29) is 0 Å². The van der Waals surface area contributed by atoms with Gasteiger partial charge < -0.3 is 27.1 Å². The van der Waals surface area contributed by atoms with Crippen molar-refractivity contribution in [2.24, 2.45) is 0 Å². The minimum Gasteiger partial charge on any atom is -0.456 e. The van der Waals surface area contributed by atoms with Crippen molar-refractivity contribution in [3.8, 4) is 22.7 Å². The van der Waals surface area contributed by atoms with Crippen molar-refractivity contribution in [2.45, 2.75) is 25.9 Å². The first kappa shape index (κ1) is 62.2. The Morgan fingerprint density at radius 3 is 1.02 bits per heavy atom. The normalized spacial score (nSPS) is 12.4. The van der Waals surface area contributed by atoms with Gasteiger partial charge in [-0.25, -0.2) is 0 Å². The molecule has 0 aliphatic heterocycles. The highest BCUT2D eigenvalue weighted by molar-refractivity contribution is 7.20. The van der Waals surface area contributed by atoms with Crippen LogP contribution in [0.3, 0.4) is 0 Å². The Bertz CT molecular complexity index is 6970. The minimum absolute atomic E-state index is 0.869. The molecular weight excluding hydrogens is 1350 g/mol.